The van der Waals surface area contributed by atoms with Crippen LogP contribution in [0.2, 0.25) is 0 Å². The van der Waals surface area contributed by atoms with Crippen molar-refractivity contribution in [2.75, 3.05) is 19.8 Å². The van der Waals surface area contributed by atoms with Crippen LogP contribution in [0, 0.1) is 28.6 Å². The molecule has 15 heteroatoms. The zero-order valence-electron chi connectivity index (χ0n) is 27.1. The maximum absolute atomic E-state index is 17.4. The van der Waals surface area contributed by atoms with Crippen molar-refractivity contribution in [2.24, 2.45) is 28.6 Å². The summed E-state index contributed by atoms with van der Waals surface area (Å²) in [4.78, 5) is 67.1. The van der Waals surface area contributed by atoms with Crippen LogP contribution < -0.4 is 5.32 Å². The number of aliphatic hydroxyl groups excluding tert-OH is 1. The number of alkyl halides is 1. The Morgan fingerprint density at radius 2 is 1.81 bits per heavy atom. The lowest BCUT2D eigenvalue weighted by Gasteiger charge is -2.62. The average molecular weight is 669 g/mol. The molecule has 1 amide bonds. The highest BCUT2D eigenvalue weighted by Crippen LogP contribution is 2.70. The molecule has 14 nitrogen and oxygen atoms in total. The molecule has 0 aromatic rings. The number of nitrogens with zero attached hydrogens (tertiary/aromatic N) is 1. The van der Waals surface area contributed by atoms with Crippen molar-refractivity contribution in [1.29, 1.82) is 0 Å². The van der Waals surface area contributed by atoms with Crippen LogP contribution >= 0.6 is 0 Å². The number of esters is 2. The summed E-state index contributed by atoms with van der Waals surface area (Å²) >= 11 is 0. The minimum Gasteiger partial charge on any atom is -0.464 e. The van der Waals surface area contributed by atoms with Gasteiger partial charge in [0.15, 0.2) is 18.1 Å². The second-order valence-electron chi connectivity index (χ2n) is 13.7. The second kappa shape index (κ2) is 13.8. The van der Waals surface area contributed by atoms with E-state index in [4.69, 9.17) is 19.9 Å². The summed E-state index contributed by atoms with van der Waals surface area (Å²) in [7, 11) is 0. The van der Waals surface area contributed by atoms with Gasteiger partial charge >= 0.3 is 11.9 Å². The van der Waals surface area contributed by atoms with E-state index < -0.39 is 94.0 Å². The summed E-state index contributed by atoms with van der Waals surface area (Å²) in [6.45, 7) is 5.10. The molecule has 47 heavy (non-hydrogen) atoms. The first kappa shape index (κ1) is 36.8. The molecule has 0 radical (unpaired) electrons. The number of aliphatic hydroxyl groups is 2. The number of rotatable bonds is 13. The summed E-state index contributed by atoms with van der Waals surface area (Å²) in [5.74, 6) is -5.53. The first-order valence-electron chi connectivity index (χ1n) is 15.9. The van der Waals surface area contributed by atoms with E-state index in [0.29, 0.717) is 24.8 Å². The summed E-state index contributed by atoms with van der Waals surface area (Å²) in [5, 5.41) is 42.4. The fourth-order valence-electron chi connectivity index (χ4n) is 8.68. The van der Waals surface area contributed by atoms with E-state index in [1.165, 1.54) is 18.2 Å². The van der Waals surface area contributed by atoms with Crippen LogP contribution in [0.3, 0.4) is 0 Å². The molecular weight excluding hydrogens is 623 g/mol. The van der Waals surface area contributed by atoms with Crippen LogP contribution in [-0.2, 0) is 38.3 Å². The Balaban J connectivity index is 1.42. The quantitative estimate of drug-likeness (QED) is 0.108. The number of allylic oxidation sites excluding steroid dienone is 4. The molecule has 0 bridgehead atoms. The van der Waals surface area contributed by atoms with Crippen LogP contribution in [0.5, 0.6) is 0 Å². The van der Waals surface area contributed by atoms with E-state index in [2.05, 4.69) is 10.2 Å². The van der Waals surface area contributed by atoms with Gasteiger partial charge in [0.1, 0.15) is 11.6 Å². The fourth-order valence-corrected chi connectivity index (χ4v) is 8.68. The summed E-state index contributed by atoms with van der Waals surface area (Å²) in [6.07, 6.45) is 3.41. The summed E-state index contributed by atoms with van der Waals surface area (Å²) in [6, 6.07) is -1.42. The minimum absolute atomic E-state index is 0.0732. The third-order valence-corrected chi connectivity index (χ3v) is 11.0. The molecule has 4 rings (SSSR count). The molecule has 0 spiro atoms. The third kappa shape index (κ3) is 6.53. The monoisotopic (exact) mass is 668 g/mol. The number of carbonyl (C=O) groups excluding carboxylic acids is 5. The molecule has 4 aliphatic rings. The highest BCUT2D eigenvalue weighted by molar-refractivity contribution is 6.01. The summed E-state index contributed by atoms with van der Waals surface area (Å²) in [5.41, 5.74) is -6.08. The van der Waals surface area contributed by atoms with Crippen molar-refractivity contribution in [1.82, 2.24) is 10.7 Å². The van der Waals surface area contributed by atoms with E-state index in [1.54, 1.807) is 20.8 Å². The van der Waals surface area contributed by atoms with Gasteiger partial charge in [-0.05, 0) is 69.4 Å². The Bertz CT molecular complexity index is 1340. The van der Waals surface area contributed by atoms with Gasteiger partial charge in [-0.25, -0.2) is 9.18 Å². The van der Waals surface area contributed by atoms with Crippen molar-refractivity contribution in [3.8, 4) is 0 Å². The number of carbonyl (C=O) groups is 5. The molecule has 3 fully saturated rings. The van der Waals surface area contributed by atoms with Crippen molar-refractivity contribution >= 4 is 29.4 Å². The van der Waals surface area contributed by atoms with E-state index in [9.17, 15) is 34.2 Å². The molecule has 5 N–H and O–H groups in total. The number of fused-ring (bicyclic) bond motifs is 5. The highest BCUT2D eigenvalue weighted by atomic mass is 19.1. The number of halogens is 1. The van der Waals surface area contributed by atoms with E-state index in [1.807, 2.05) is 0 Å². The Morgan fingerprint density at radius 3 is 2.47 bits per heavy atom. The van der Waals surface area contributed by atoms with E-state index in [0.717, 1.165) is 6.92 Å². The molecule has 0 aromatic heterocycles. The zero-order valence-corrected chi connectivity index (χ0v) is 27.1. The predicted molar refractivity (Wildman–Crippen MR) is 158 cm³/mol. The SMILES string of the molecule is CC(=O)NC(CC(=O)OCC(=O)[C@@]1(O)[C@H](C)C[C@H]2[C@@H]3CCC4=CC(=O)C=C[C@]4(C)C3(F)[C@@H](O)C[C@@]21C)C(=O)OCCCCON(O)O. The van der Waals surface area contributed by atoms with Crippen LogP contribution in [0.1, 0.15) is 72.6 Å². The molecular formula is C32H45FN2O12. The predicted octanol–water partition coefficient (Wildman–Crippen LogP) is 1.68. The topological polar surface area (TPSA) is 209 Å². The van der Waals surface area contributed by atoms with Crippen molar-refractivity contribution in [3.05, 3.63) is 23.8 Å². The Morgan fingerprint density at radius 1 is 1.13 bits per heavy atom. The van der Waals surface area contributed by atoms with Crippen LogP contribution in [0.15, 0.2) is 23.8 Å². The number of hydrogen-bond acceptors (Lipinski definition) is 13. The minimum atomic E-state index is -2.14. The van der Waals surface area contributed by atoms with Crippen LogP contribution in [-0.4, -0.2) is 98.7 Å². The number of ketones is 2. The van der Waals surface area contributed by atoms with Crippen molar-refractivity contribution in [2.45, 2.75) is 96.1 Å². The molecule has 262 valence electrons. The lowest BCUT2D eigenvalue weighted by molar-refractivity contribution is -0.492. The maximum atomic E-state index is 17.4. The van der Waals surface area contributed by atoms with Crippen LogP contribution in [0.25, 0.3) is 0 Å². The van der Waals surface area contributed by atoms with Gasteiger partial charge in [-0.1, -0.05) is 25.5 Å². The van der Waals surface area contributed by atoms with Gasteiger partial charge in [0, 0.05) is 23.7 Å². The van der Waals surface area contributed by atoms with Gasteiger partial charge in [0.2, 0.25) is 11.7 Å². The van der Waals surface area contributed by atoms with Crippen molar-refractivity contribution < 1.29 is 63.3 Å². The smallest absolute Gasteiger partial charge is 0.329 e. The van der Waals surface area contributed by atoms with Gasteiger partial charge in [-0.3, -0.25) is 34.4 Å². The second-order valence-corrected chi connectivity index (χ2v) is 13.7. The van der Waals surface area contributed by atoms with E-state index >= 15 is 4.39 Å². The van der Waals surface area contributed by atoms with Gasteiger partial charge in [0.25, 0.3) is 0 Å². The Hall–Kier alpha value is -3.08. The number of Topliss-reactive ketones (excluding diaryl/α,β-unsaturated/α-hetero) is 1. The largest absolute Gasteiger partial charge is 0.464 e. The van der Waals surface area contributed by atoms with E-state index in [-0.39, 0.29) is 38.3 Å². The molecule has 4 aliphatic carbocycles. The summed E-state index contributed by atoms with van der Waals surface area (Å²) < 4.78 is 27.6. The maximum Gasteiger partial charge on any atom is 0.329 e. The van der Waals surface area contributed by atoms with Gasteiger partial charge in [0.05, 0.1) is 31.1 Å². The van der Waals surface area contributed by atoms with Gasteiger partial charge in [-0.2, -0.15) is 0 Å². The molecule has 3 saturated carbocycles. The van der Waals surface area contributed by atoms with Gasteiger partial charge < -0.3 is 25.0 Å². The Labute approximate surface area is 271 Å². The third-order valence-electron chi connectivity index (χ3n) is 11.0. The van der Waals surface area contributed by atoms with Gasteiger partial charge in [-0.15, -0.1) is 0 Å². The molecule has 0 heterocycles. The average Bonchev–Trinajstić information content (AvgIpc) is 3.19. The fraction of sp³-hybridized carbons (Fsp3) is 0.719. The highest BCUT2D eigenvalue weighted by Gasteiger charge is 2.75. The molecule has 0 aliphatic heterocycles. The normalized spacial score (nSPS) is 36.5. The number of unbranched alkanes of at least 4 members (excludes halogenated alkanes) is 1. The molecule has 0 aromatic carbocycles. The lowest BCUT2D eigenvalue weighted by atomic mass is 9.44. The first-order valence-corrected chi connectivity index (χ1v) is 15.9. The first-order chi connectivity index (χ1) is 21.9. The van der Waals surface area contributed by atoms with Crippen LogP contribution in [0.4, 0.5) is 4.39 Å². The molecule has 2 unspecified atom stereocenters. The Kier molecular flexibility index (Phi) is 10.8. The molecule has 9 atom stereocenters. The number of amides is 1. The number of ether oxygens (including phenoxy) is 2. The number of hydrogen-bond donors (Lipinski definition) is 5. The standard InChI is InChI=1S/C32H45FN2O12/c1-18-13-23-22-8-7-20-14-21(37)9-10-29(20,3)31(22,33)25(38)16-30(23,4)32(18,42)26(39)17-46-27(40)15-24(34-19(2)36)28(41)45-11-5-6-12-47-35(43)44/h9-10,14,18,22-25,38,42-44H,5-8,11-13,15-17H2,1-4H3,(H,34,36)/t18-,22+,23+,24?,25+,29+,30+,31?,32+/m1/s1. The zero-order chi connectivity index (χ0) is 34.9. The lowest BCUT2D eigenvalue weighted by Crippen LogP contribution is -2.69. The number of nitrogens with one attached hydrogen (secondary N) is 1. The molecule has 0 saturated heterocycles. The van der Waals surface area contributed by atoms with Crippen molar-refractivity contribution in [3.63, 3.8) is 0 Å².